The van der Waals surface area contributed by atoms with Crippen LogP contribution in [-0.4, -0.2) is 8.07 Å². The molecule has 0 spiro atoms. The quantitative estimate of drug-likeness (QED) is 0.228. The highest BCUT2D eigenvalue weighted by Crippen LogP contribution is 2.44. The van der Waals surface area contributed by atoms with E-state index in [2.05, 4.69) is 133 Å². The van der Waals surface area contributed by atoms with Gasteiger partial charge in [0.2, 0.25) is 0 Å². The molecule has 38 heavy (non-hydrogen) atoms. The molecule has 0 unspecified atom stereocenters. The average molecular weight is 505 g/mol. The van der Waals surface area contributed by atoms with E-state index in [-0.39, 0.29) is 5.82 Å². The van der Waals surface area contributed by atoms with E-state index >= 15 is 4.39 Å². The lowest BCUT2D eigenvalue weighted by atomic mass is 9.90. The van der Waals surface area contributed by atoms with Crippen LogP contribution in [-0.2, 0) is 0 Å². The Bertz CT molecular complexity index is 1750. The Kier molecular flexibility index (Phi) is 5.42. The Labute approximate surface area is 223 Å². The Morgan fingerprint density at radius 3 is 1.55 bits per heavy atom. The van der Waals surface area contributed by atoms with Crippen LogP contribution in [0.1, 0.15) is 16.7 Å². The fraction of sp³-hybridized carbons (Fsp3) is 0. The van der Waals surface area contributed by atoms with Gasteiger partial charge in [-0.2, -0.15) is 0 Å². The van der Waals surface area contributed by atoms with Gasteiger partial charge in [-0.1, -0.05) is 146 Å². The molecule has 6 aromatic carbocycles. The van der Waals surface area contributed by atoms with Crippen molar-refractivity contribution < 1.29 is 4.39 Å². The molecule has 0 nitrogen and oxygen atoms in total. The van der Waals surface area contributed by atoms with Gasteiger partial charge in [0.1, 0.15) is 5.82 Å². The molecule has 0 saturated heterocycles. The van der Waals surface area contributed by atoms with E-state index in [0.29, 0.717) is 5.39 Å². The number of rotatable bonds is 4. The minimum absolute atomic E-state index is 0.176. The molecule has 180 valence electrons. The summed E-state index contributed by atoms with van der Waals surface area (Å²) in [5.74, 6) is -0.176. The van der Waals surface area contributed by atoms with E-state index in [0.717, 1.165) is 16.5 Å². The Balaban J connectivity index is 1.80. The maximum Gasteiger partial charge on any atom is 0.181 e. The first kappa shape index (κ1) is 22.6. The second-order valence-electron chi connectivity index (χ2n) is 9.79. The first-order valence-corrected chi connectivity index (χ1v) is 15.0. The molecule has 0 atom stereocenters. The van der Waals surface area contributed by atoms with Gasteiger partial charge in [-0.25, -0.2) is 4.39 Å². The summed E-state index contributed by atoms with van der Waals surface area (Å²) in [4.78, 5) is 0. The molecule has 1 aliphatic rings. The van der Waals surface area contributed by atoms with Crippen molar-refractivity contribution in [1.29, 1.82) is 0 Å². The Morgan fingerprint density at radius 2 is 0.974 bits per heavy atom. The van der Waals surface area contributed by atoms with Crippen LogP contribution in [0.15, 0.2) is 152 Å². The van der Waals surface area contributed by atoms with Crippen LogP contribution in [0.5, 0.6) is 0 Å². The van der Waals surface area contributed by atoms with Crippen LogP contribution in [0.25, 0.3) is 21.5 Å². The molecule has 0 amide bonds. The predicted octanol–water partition coefficient (Wildman–Crippen LogP) is 6.96. The summed E-state index contributed by atoms with van der Waals surface area (Å²) in [6.07, 6.45) is 0. The molecule has 0 saturated carbocycles. The molecule has 6 aromatic rings. The number of benzene rings is 6. The molecule has 0 N–H and O–H groups in total. The van der Waals surface area contributed by atoms with Crippen LogP contribution in [0.3, 0.4) is 0 Å². The highest BCUT2D eigenvalue weighted by Gasteiger charge is 2.49. The Morgan fingerprint density at radius 1 is 0.447 bits per heavy atom. The van der Waals surface area contributed by atoms with Gasteiger partial charge in [-0.3, -0.25) is 0 Å². The summed E-state index contributed by atoms with van der Waals surface area (Å²) in [5, 5.41) is 6.88. The summed E-state index contributed by atoms with van der Waals surface area (Å²) < 4.78 is 15.5. The zero-order chi connectivity index (χ0) is 25.5. The minimum atomic E-state index is -2.91. The summed E-state index contributed by atoms with van der Waals surface area (Å²) in [6, 6.07) is 53.1. The molecular formula is C36H25FSi. The van der Waals surface area contributed by atoms with Crippen molar-refractivity contribution in [2.45, 2.75) is 0 Å². The van der Waals surface area contributed by atoms with E-state index in [1.807, 2.05) is 12.1 Å². The van der Waals surface area contributed by atoms with Gasteiger partial charge in [0.25, 0.3) is 0 Å². The fourth-order valence-corrected chi connectivity index (χ4v) is 11.8. The summed E-state index contributed by atoms with van der Waals surface area (Å²) in [5.41, 5.74) is 4.65. The normalized spacial score (nSPS) is 14.0. The van der Waals surface area contributed by atoms with E-state index in [1.165, 1.54) is 31.9 Å². The predicted molar refractivity (Wildman–Crippen MR) is 160 cm³/mol. The van der Waals surface area contributed by atoms with Gasteiger partial charge in [0.05, 0.1) is 0 Å². The number of hydrogen-bond acceptors (Lipinski definition) is 0. The van der Waals surface area contributed by atoms with Crippen LogP contribution in [0, 0.1) is 5.82 Å². The third-order valence-electron chi connectivity index (χ3n) is 7.82. The van der Waals surface area contributed by atoms with Crippen molar-refractivity contribution in [3.63, 3.8) is 0 Å². The van der Waals surface area contributed by atoms with Crippen molar-refractivity contribution in [2.75, 3.05) is 0 Å². The number of hydrogen-bond donors (Lipinski definition) is 0. The zero-order valence-electron chi connectivity index (χ0n) is 20.8. The van der Waals surface area contributed by atoms with Gasteiger partial charge in [-0.15, -0.1) is 0 Å². The van der Waals surface area contributed by atoms with Crippen molar-refractivity contribution in [1.82, 2.24) is 0 Å². The van der Waals surface area contributed by atoms with Crippen LogP contribution in [0.2, 0.25) is 0 Å². The van der Waals surface area contributed by atoms with E-state index in [4.69, 9.17) is 0 Å². The minimum Gasteiger partial charge on any atom is -0.206 e. The second-order valence-corrected chi connectivity index (χ2v) is 13.5. The monoisotopic (exact) mass is 504 g/mol. The topological polar surface area (TPSA) is 0 Å². The Hall–Kier alpha value is -4.53. The van der Waals surface area contributed by atoms with Crippen molar-refractivity contribution >= 4 is 45.2 Å². The van der Waals surface area contributed by atoms with Gasteiger partial charge in [-0.05, 0) is 54.5 Å². The molecule has 0 aliphatic carbocycles. The highest BCUT2D eigenvalue weighted by atomic mass is 28.3. The smallest absolute Gasteiger partial charge is 0.181 e. The lowest BCUT2D eigenvalue weighted by molar-refractivity contribution is 0.640. The molecule has 0 aromatic heterocycles. The van der Waals surface area contributed by atoms with E-state index < -0.39 is 8.07 Å². The summed E-state index contributed by atoms with van der Waals surface area (Å²) in [7, 11) is -2.91. The summed E-state index contributed by atoms with van der Waals surface area (Å²) in [6.45, 7) is 0. The zero-order valence-corrected chi connectivity index (χ0v) is 21.8. The van der Waals surface area contributed by atoms with Crippen molar-refractivity contribution in [3.8, 4) is 0 Å². The second kappa shape index (κ2) is 9.09. The van der Waals surface area contributed by atoms with Gasteiger partial charge < -0.3 is 0 Å². The molecule has 7 rings (SSSR count). The fourth-order valence-electron chi connectivity index (χ4n) is 6.36. The van der Waals surface area contributed by atoms with Crippen molar-refractivity contribution in [3.05, 3.63) is 174 Å². The standard InChI is InChI=1S/C36H25FSi/c37-32-24-25-33-35-30(32)22-13-23-31(35)34(26-14-5-1-6-15-26)36(27-16-7-2-8-17-27)38(33,28-18-9-3-10-19-28)29-20-11-4-12-21-29/h1-25H. The average Bonchev–Trinajstić information content (AvgIpc) is 3.00. The lowest BCUT2D eigenvalue weighted by Crippen LogP contribution is -2.69. The maximum atomic E-state index is 15.5. The first-order chi connectivity index (χ1) is 18.8. The molecule has 1 heterocycles. The third kappa shape index (κ3) is 3.27. The van der Waals surface area contributed by atoms with Gasteiger partial charge in [0, 0.05) is 5.39 Å². The molecule has 0 bridgehead atoms. The van der Waals surface area contributed by atoms with Gasteiger partial charge >= 0.3 is 0 Å². The first-order valence-electron chi connectivity index (χ1n) is 13.0. The number of halogens is 1. The third-order valence-corrected chi connectivity index (χ3v) is 12.7. The van der Waals surface area contributed by atoms with Crippen LogP contribution >= 0.6 is 0 Å². The van der Waals surface area contributed by atoms with E-state index in [1.54, 1.807) is 6.07 Å². The molecule has 2 heteroatoms. The van der Waals surface area contributed by atoms with E-state index in [9.17, 15) is 0 Å². The highest BCUT2D eigenvalue weighted by molar-refractivity contribution is 7.25. The molecule has 1 aliphatic heterocycles. The van der Waals surface area contributed by atoms with Crippen molar-refractivity contribution in [2.24, 2.45) is 0 Å². The molecular weight excluding hydrogens is 479 g/mol. The van der Waals surface area contributed by atoms with Crippen LogP contribution in [0.4, 0.5) is 4.39 Å². The molecule has 0 radical (unpaired) electrons. The summed E-state index contributed by atoms with van der Waals surface area (Å²) >= 11 is 0. The van der Waals surface area contributed by atoms with Gasteiger partial charge in [0.15, 0.2) is 8.07 Å². The lowest BCUT2D eigenvalue weighted by Gasteiger charge is -2.42. The van der Waals surface area contributed by atoms with Crippen LogP contribution < -0.4 is 15.6 Å². The maximum absolute atomic E-state index is 15.5. The SMILES string of the molecule is Fc1ccc2c3c(cccc13)C(c1ccccc1)=C(c1ccccc1)[Si]2(c1ccccc1)c1ccccc1. The largest absolute Gasteiger partial charge is 0.206 e. The molecule has 0 fully saturated rings.